The van der Waals surface area contributed by atoms with Crippen LogP contribution in [-0.4, -0.2) is 22.6 Å². The molecule has 88 valence electrons. The van der Waals surface area contributed by atoms with E-state index < -0.39 is 0 Å². The fourth-order valence-electron chi connectivity index (χ4n) is 1.51. The summed E-state index contributed by atoms with van der Waals surface area (Å²) in [5.74, 6) is 0.842. The Morgan fingerprint density at radius 2 is 2.25 bits per heavy atom. The van der Waals surface area contributed by atoms with Crippen molar-refractivity contribution in [2.75, 3.05) is 11.9 Å². The Morgan fingerprint density at radius 3 is 2.81 bits per heavy atom. The van der Waals surface area contributed by atoms with Crippen LogP contribution in [0.25, 0.3) is 0 Å². The highest BCUT2D eigenvalue weighted by atomic mass is 16.5. The van der Waals surface area contributed by atoms with Gasteiger partial charge in [0, 0.05) is 6.54 Å². The summed E-state index contributed by atoms with van der Waals surface area (Å²) in [5.41, 5.74) is 0.911. The fourth-order valence-corrected chi connectivity index (χ4v) is 1.51. The predicted octanol–water partition coefficient (Wildman–Crippen LogP) is 2.37. The summed E-state index contributed by atoms with van der Waals surface area (Å²) in [5, 5.41) is 3.19. The smallest absolute Gasteiger partial charge is 0.144 e. The van der Waals surface area contributed by atoms with E-state index in [0.717, 1.165) is 24.5 Å². The average molecular weight is 221 g/mol. The zero-order chi connectivity index (χ0) is 11.2. The molecule has 0 amide bonds. The van der Waals surface area contributed by atoms with Crippen molar-refractivity contribution in [1.29, 1.82) is 0 Å². The molecule has 1 heterocycles. The van der Waals surface area contributed by atoms with E-state index in [1.165, 1.54) is 19.3 Å². The Morgan fingerprint density at radius 1 is 1.38 bits per heavy atom. The number of nitrogens with one attached hydrogen (secondary N) is 1. The molecule has 4 heteroatoms. The Balaban J connectivity index is 1.76. The lowest BCUT2D eigenvalue weighted by molar-refractivity contribution is -0.0102. The van der Waals surface area contributed by atoms with Crippen LogP contribution in [0.15, 0.2) is 12.4 Å². The van der Waals surface area contributed by atoms with E-state index in [0.29, 0.717) is 12.7 Å². The normalized spacial score (nSPS) is 15.8. The molecule has 0 aliphatic heterocycles. The molecule has 4 nitrogen and oxygen atoms in total. The number of aromatic nitrogens is 2. The summed E-state index contributed by atoms with van der Waals surface area (Å²) in [7, 11) is 0. The Hall–Kier alpha value is -1.16. The van der Waals surface area contributed by atoms with Crippen LogP contribution in [-0.2, 0) is 11.3 Å². The lowest BCUT2D eigenvalue weighted by atomic mass is 9.96. The zero-order valence-electron chi connectivity index (χ0n) is 9.78. The van der Waals surface area contributed by atoms with Gasteiger partial charge in [-0.25, -0.2) is 4.98 Å². The van der Waals surface area contributed by atoms with Gasteiger partial charge in [0.25, 0.3) is 0 Å². The standard InChI is InChI=1S/C12H19N3O/c1-2-6-13-12-8-14-10(7-15-12)9-16-11-4-3-5-11/h7-8,11H,2-6,9H2,1H3,(H,13,15). The number of ether oxygens (including phenoxy) is 1. The topological polar surface area (TPSA) is 47.0 Å². The molecule has 1 saturated carbocycles. The predicted molar refractivity (Wildman–Crippen MR) is 63.2 cm³/mol. The third-order valence-corrected chi connectivity index (χ3v) is 2.78. The minimum absolute atomic E-state index is 0.458. The second kappa shape index (κ2) is 5.80. The van der Waals surface area contributed by atoms with Crippen molar-refractivity contribution in [3.05, 3.63) is 18.1 Å². The van der Waals surface area contributed by atoms with Crippen LogP contribution in [0.4, 0.5) is 5.82 Å². The minimum Gasteiger partial charge on any atom is -0.372 e. The SMILES string of the molecule is CCCNc1cnc(COC2CCC2)cn1. The van der Waals surface area contributed by atoms with Crippen molar-refractivity contribution < 1.29 is 4.74 Å². The minimum atomic E-state index is 0.458. The second-order valence-corrected chi connectivity index (χ2v) is 4.18. The number of rotatable bonds is 6. The number of nitrogens with zero attached hydrogens (tertiary/aromatic N) is 2. The summed E-state index contributed by atoms with van der Waals surface area (Å²) in [6.07, 6.45) is 8.81. The summed E-state index contributed by atoms with van der Waals surface area (Å²) in [6, 6.07) is 0. The van der Waals surface area contributed by atoms with Crippen LogP contribution in [0.1, 0.15) is 38.3 Å². The largest absolute Gasteiger partial charge is 0.372 e. The first-order valence-corrected chi connectivity index (χ1v) is 6.05. The molecule has 0 unspecified atom stereocenters. The van der Waals surface area contributed by atoms with Crippen LogP contribution < -0.4 is 5.32 Å². The molecule has 0 atom stereocenters. The molecular weight excluding hydrogens is 202 g/mol. The average Bonchev–Trinajstić information content (AvgIpc) is 2.26. The van der Waals surface area contributed by atoms with Gasteiger partial charge in [0.05, 0.1) is 30.8 Å². The molecule has 0 spiro atoms. The van der Waals surface area contributed by atoms with Crippen molar-refractivity contribution in [3.63, 3.8) is 0 Å². The summed E-state index contributed by atoms with van der Waals surface area (Å²) in [4.78, 5) is 8.60. The highest BCUT2D eigenvalue weighted by Crippen LogP contribution is 2.22. The maximum Gasteiger partial charge on any atom is 0.144 e. The molecule has 2 rings (SSSR count). The lowest BCUT2D eigenvalue weighted by Crippen LogP contribution is -2.21. The van der Waals surface area contributed by atoms with E-state index >= 15 is 0 Å². The first kappa shape index (κ1) is 11.3. The van der Waals surface area contributed by atoms with E-state index in [9.17, 15) is 0 Å². The first-order valence-electron chi connectivity index (χ1n) is 6.05. The van der Waals surface area contributed by atoms with E-state index in [-0.39, 0.29) is 0 Å². The first-order chi connectivity index (χ1) is 7.88. The molecule has 0 saturated heterocycles. The van der Waals surface area contributed by atoms with Gasteiger partial charge in [-0.05, 0) is 25.7 Å². The zero-order valence-corrected chi connectivity index (χ0v) is 9.78. The highest BCUT2D eigenvalue weighted by molar-refractivity contribution is 5.30. The Bertz CT molecular complexity index is 309. The van der Waals surface area contributed by atoms with Crippen molar-refractivity contribution in [2.45, 2.75) is 45.3 Å². The Kier molecular flexibility index (Phi) is 4.10. The van der Waals surface area contributed by atoms with Gasteiger partial charge in [-0.1, -0.05) is 6.92 Å². The van der Waals surface area contributed by atoms with Gasteiger partial charge < -0.3 is 10.1 Å². The fraction of sp³-hybridized carbons (Fsp3) is 0.667. The monoisotopic (exact) mass is 221 g/mol. The van der Waals surface area contributed by atoms with Crippen LogP contribution >= 0.6 is 0 Å². The summed E-state index contributed by atoms with van der Waals surface area (Å²) < 4.78 is 5.66. The van der Waals surface area contributed by atoms with Gasteiger partial charge in [0.15, 0.2) is 0 Å². The van der Waals surface area contributed by atoms with Crippen LogP contribution in [0.2, 0.25) is 0 Å². The number of hydrogen-bond donors (Lipinski definition) is 1. The van der Waals surface area contributed by atoms with Crippen molar-refractivity contribution in [1.82, 2.24) is 9.97 Å². The van der Waals surface area contributed by atoms with E-state index in [1.54, 1.807) is 12.4 Å². The molecule has 16 heavy (non-hydrogen) atoms. The molecule has 1 N–H and O–H groups in total. The molecule has 0 aromatic carbocycles. The van der Waals surface area contributed by atoms with Crippen molar-refractivity contribution >= 4 is 5.82 Å². The van der Waals surface area contributed by atoms with Gasteiger partial charge in [-0.2, -0.15) is 0 Å². The molecular formula is C12H19N3O. The maximum absolute atomic E-state index is 5.66. The summed E-state index contributed by atoms with van der Waals surface area (Å²) in [6.45, 7) is 3.65. The molecule has 1 aromatic rings. The van der Waals surface area contributed by atoms with Gasteiger partial charge in [-0.3, -0.25) is 4.98 Å². The van der Waals surface area contributed by atoms with E-state index in [2.05, 4.69) is 22.2 Å². The lowest BCUT2D eigenvalue weighted by Gasteiger charge is -2.25. The highest BCUT2D eigenvalue weighted by Gasteiger charge is 2.17. The molecule has 1 aliphatic rings. The molecule has 0 radical (unpaired) electrons. The second-order valence-electron chi connectivity index (χ2n) is 4.18. The molecule has 0 bridgehead atoms. The third-order valence-electron chi connectivity index (χ3n) is 2.78. The van der Waals surface area contributed by atoms with Crippen LogP contribution in [0.3, 0.4) is 0 Å². The molecule has 1 aliphatic carbocycles. The van der Waals surface area contributed by atoms with Gasteiger partial charge in [0.1, 0.15) is 5.82 Å². The number of hydrogen-bond acceptors (Lipinski definition) is 4. The van der Waals surface area contributed by atoms with Crippen molar-refractivity contribution in [2.24, 2.45) is 0 Å². The summed E-state index contributed by atoms with van der Waals surface area (Å²) >= 11 is 0. The molecule has 1 fully saturated rings. The van der Waals surface area contributed by atoms with E-state index in [1.807, 2.05) is 0 Å². The van der Waals surface area contributed by atoms with Gasteiger partial charge >= 0.3 is 0 Å². The third kappa shape index (κ3) is 3.17. The van der Waals surface area contributed by atoms with E-state index in [4.69, 9.17) is 4.74 Å². The maximum atomic E-state index is 5.66. The molecule has 1 aromatic heterocycles. The van der Waals surface area contributed by atoms with Crippen LogP contribution in [0, 0.1) is 0 Å². The van der Waals surface area contributed by atoms with Crippen molar-refractivity contribution in [3.8, 4) is 0 Å². The quantitative estimate of drug-likeness (QED) is 0.801. The van der Waals surface area contributed by atoms with Gasteiger partial charge in [-0.15, -0.1) is 0 Å². The Labute approximate surface area is 96.4 Å². The number of anilines is 1. The van der Waals surface area contributed by atoms with Crippen LogP contribution in [0.5, 0.6) is 0 Å². The van der Waals surface area contributed by atoms with Gasteiger partial charge in [0.2, 0.25) is 0 Å².